The molecule has 5 aromatic rings. The van der Waals surface area contributed by atoms with Crippen molar-refractivity contribution in [2.75, 3.05) is 6.61 Å². The van der Waals surface area contributed by atoms with Crippen molar-refractivity contribution >= 4 is 44.6 Å². The smallest absolute Gasteiger partial charge is 0.374 e. The first-order valence-corrected chi connectivity index (χ1v) is 13.3. The molecule has 0 N–H and O–H groups in total. The van der Waals surface area contributed by atoms with Gasteiger partial charge in [-0.15, -0.1) is 10.2 Å². The molecule has 0 aliphatic carbocycles. The molecule has 0 unspecified atom stereocenters. The molecular formula is C28H24BrN3O3S. The Labute approximate surface area is 221 Å². The molecule has 0 aliphatic rings. The van der Waals surface area contributed by atoms with Gasteiger partial charge in [-0.3, -0.25) is 4.57 Å². The molecule has 6 nitrogen and oxygen atoms in total. The number of rotatable bonds is 7. The van der Waals surface area contributed by atoms with Crippen LogP contribution >= 0.6 is 27.7 Å². The van der Waals surface area contributed by atoms with Crippen LogP contribution in [0.5, 0.6) is 0 Å². The van der Waals surface area contributed by atoms with Gasteiger partial charge in [-0.05, 0) is 62.2 Å². The number of carbonyl (C=O) groups is 1. The van der Waals surface area contributed by atoms with Crippen molar-refractivity contribution in [3.63, 3.8) is 0 Å². The van der Waals surface area contributed by atoms with Gasteiger partial charge in [0.05, 0.1) is 12.3 Å². The minimum absolute atomic E-state index is 0.233. The molecule has 0 radical (unpaired) electrons. The van der Waals surface area contributed by atoms with E-state index in [9.17, 15) is 4.79 Å². The number of ether oxygens (including phenoxy) is 1. The third-order valence-electron chi connectivity index (χ3n) is 5.71. The summed E-state index contributed by atoms with van der Waals surface area (Å²) in [6, 6.07) is 22.0. The second-order valence-corrected chi connectivity index (χ2v) is 10.3. The van der Waals surface area contributed by atoms with Crippen molar-refractivity contribution in [3.8, 4) is 17.1 Å². The van der Waals surface area contributed by atoms with Crippen molar-refractivity contribution in [2.45, 2.75) is 31.7 Å². The minimum atomic E-state index is -0.462. The van der Waals surface area contributed by atoms with Crippen LogP contribution in [0.15, 0.2) is 80.8 Å². The third kappa shape index (κ3) is 4.83. The predicted octanol–water partition coefficient (Wildman–Crippen LogP) is 7.53. The Morgan fingerprint density at radius 3 is 2.47 bits per heavy atom. The highest BCUT2D eigenvalue weighted by Gasteiger charge is 2.23. The summed E-state index contributed by atoms with van der Waals surface area (Å²) in [7, 11) is 0. The molecule has 5 rings (SSSR count). The summed E-state index contributed by atoms with van der Waals surface area (Å²) in [6.45, 7) is 6.22. The van der Waals surface area contributed by atoms with E-state index in [-0.39, 0.29) is 12.4 Å². The van der Waals surface area contributed by atoms with Gasteiger partial charge >= 0.3 is 5.97 Å². The van der Waals surface area contributed by atoms with Crippen LogP contribution in [0.1, 0.15) is 34.2 Å². The first-order valence-electron chi connectivity index (χ1n) is 11.5. The Bertz CT molecular complexity index is 1540. The maximum absolute atomic E-state index is 12.7. The molecule has 0 spiro atoms. The highest BCUT2D eigenvalue weighted by atomic mass is 79.9. The predicted molar refractivity (Wildman–Crippen MR) is 146 cm³/mol. The average Bonchev–Trinajstić information content (AvgIpc) is 3.44. The van der Waals surface area contributed by atoms with E-state index in [4.69, 9.17) is 9.15 Å². The molecule has 182 valence electrons. The number of nitrogens with zero attached hydrogens (tertiary/aromatic N) is 3. The number of furan rings is 1. The average molecular weight is 562 g/mol. The van der Waals surface area contributed by atoms with E-state index < -0.39 is 5.97 Å². The van der Waals surface area contributed by atoms with Crippen molar-refractivity contribution < 1.29 is 13.9 Å². The Morgan fingerprint density at radius 2 is 1.75 bits per heavy atom. The highest BCUT2D eigenvalue weighted by Crippen LogP contribution is 2.35. The summed E-state index contributed by atoms with van der Waals surface area (Å²) < 4.78 is 14.2. The quantitative estimate of drug-likeness (QED) is 0.151. The SMILES string of the molecule is CCOC(=O)c1oc2ccccc2c1CSc1nnc(-c2ccc(Br)cc2)n1-c1cc(C)cc(C)c1. The molecule has 0 fully saturated rings. The van der Waals surface area contributed by atoms with Gasteiger partial charge in [0.25, 0.3) is 0 Å². The first-order chi connectivity index (χ1) is 17.4. The maximum Gasteiger partial charge on any atom is 0.374 e. The lowest BCUT2D eigenvalue weighted by Crippen LogP contribution is -2.06. The third-order valence-corrected chi connectivity index (χ3v) is 7.19. The number of para-hydroxylation sites is 1. The van der Waals surface area contributed by atoms with E-state index in [1.54, 1.807) is 6.92 Å². The van der Waals surface area contributed by atoms with Gasteiger partial charge in [0.15, 0.2) is 11.0 Å². The molecule has 8 heteroatoms. The fourth-order valence-corrected chi connectivity index (χ4v) is 5.45. The summed E-state index contributed by atoms with van der Waals surface area (Å²) in [6.07, 6.45) is 0. The number of benzene rings is 3. The summed E-state index contributed by atoms with van der Waals surface area (Å²) in [5.41, 5.74) is 5.69. The molecule has 0 saturated heterocycles. The second-order valence-electron chi connectivity index (χ2n) is 8.41. The van der Waals surface area contributed by atoms with Crippen LogP contribution in [0, 0.1) is 13.8 Å². The fourth-order valence-electron chi connectivity index (χ4n) is 4.20. The lowest BCUT2D eigenvalue weighted by molar-refractivity contribution is 0.0491. The monoisotopic (exact) mass is 561 g/mol. The van der Waals surface area contributed by atoms with Crippen LogP contribution in [-0.4, -0.2) is 27.3 Å². The second kappa shape index (κ2) is 10.3. The number of aryl methyl sites for hydroxylation is 2. The fraction of sp³-hybridized carbons (Fsp3) is 0.179. The van der Waals surface area contributed by atoms with E-state index in [0.29, 0.717) is 11.3 Å². The molecule has 0 aliphatic heterocycles. The highest BCUT2D eigenvalue weighted by molar-refractivity contribution is 9.10. The van der Waals surface area contributed by atoms with Crippen LogP contribution in [-0.2, 0) is 10.5 Å². The van der Waals surface area contributed by atoms with E-state index in [1.165, 1.54) is 11.8 Å². The van der Waals surface area contributed by atoms with Crippen LogP contribution < -0.4 is 0 Å². The van der Waals surface area contributed by atoms with Gasteiger partial charge in [-0.1, -0.05) is 64.1 Å². The zero-order chi connectivity index (χ0) is 25.2. The zero-order valence-corrected chi connectivity index (χ0v) is 22.5. The number of aromatic nitrogens is 3. The number of halogens is 1. The summed E-state index contributed by atoms with van der Waals surface area (Å²) in [5, 5.41) is 10.7. The Hall–Kier alpha value is -3.36. The van der Waals surface area contributed by atoms with Crippen LogP contribution in [0.25, 0.3) is 28.0 Å². The van der Waals surface area contributed by atoms with Gasteiger partial charge in [0.2, 0.25) is 5.76 Å². The molecular weight excluding hydrogens is 538 g/mol. The van der Waals surface area contributed by atoms with Gasteiger partial charge in [0, 0.05) is 26.7 Å². The van der Waals surface area contributed by atoms with Gasteiger partial charge in [0.1, 0.15) is 5.58 Å². The summed E-state index contributed by atoms with van der Waals surface area (Å²) >= 11 is 5.01. The van der Waals surface area contributed by atoms with Crippen molar-refractivity contribution in [1.82, 2.24) is 14.8 Å². The lowest BCUT2D eigenvalue weighted by atomic mass is 10.1. The summed E-state index contributed by atoms with van der Waals surface area (Å²) in [5.74, 6) is 0.985. The molecule has 0 saturated carbocycles. The molecule has 0 atom stereocenters. The zero-order valence-electron chi connectivity index (χ0n) is 20.1. The molecule has 36 heavy (non-hydrogen) atoms. The largest absolute Gasteiger partial charge is 0.460 e. The summed E-state index contributed by atoms with van der Waals surface area (Å²) in [4.78, 5) is 12.7. The maximum atomic E-state index is 12.7. The van der Waals surface area contributed by atoms with Crippen LogP contribution in [0.4, 0.5) is 0 Å². The minimum Gasteiger partial charge on any atom is -0.460 e. The number of esters is 1. The number of carbonyl (C=O) groups excluding carboxylic acids is 1. The molecule has 3 aromatic carbocycles. The first kappa shape index (κ1) is 24.3. The molecule has 0 amide bonds. The Balaban J connectivity index is 1.59. The molecule has 2 aromatic heterocycles. The number of hydrogen-bond donors (Lipinski definition) is 0. The van der Waals surface area contributed by atoms with Crippen molar-refractivity contribution in [1.29, 1.82) is 0 Å². The molecule has 0 bridgehead atoms. The van der Waals surface area contributed by atoms with Crippen LogP contribution in [0.3, 0.4) is 0 Å². The van der Waals surface area contributed by atoms with E-state index in [1.807, 2.05) is 48.5 Å². The van der Waals surface area contributed by atoms with Crippen LogP contribution in [0.2, 0.25) is 0 Å². The normalized spacial score (nSPS) is 11.2. The van der Waals surface area contributed by atoms with Gasteiger partial charge in [-0.2, -0.15) is 0 Å². The Kier molecular flexibility index (Phi) is 6.98. The van der Waals surface area contributed by atoms with E-state index in [0.717, 1.165) is 48.8 Å². The number of fused-ring (bicyclic) bond motifs is 1. The number of hydrogen-bond acceptors (Lipinski definition) is 6. The van der Waals surface area contributed by atoms with E-state index >= 15 is 0 Å². The Morgan fingerprint density at radius 1 is 1.03 bits per heavy atom. The van der Waals surface area contributed by atoms with Crippen molar-refractivity contribution in [3.05, 3.63) is 93.7 Å². The molecule has 2 heterocycles. The number of thioether (sulfide) groups is 1. The topological polar surface area (TPSA) is 70.2 Å². The van der Waals surface area contributed by atoms with Gasteiger partial charge in [-0.25, -0.2) is 4.79 Å². The van der Waals surface area contributed by atoms with Crippen molar-refractivity contribution in [2.24, 2.45) is 0 Å². The van der Waals surface area contributed by atoms with Gasteiger partial charge < -0.3 is 9.15 Å². The standard InChI is InChI=1S/C28H24BrN3O3S/c1-4-34-27(33)25-23(22-7-5-6-8-24(22)35-25)16-36-28-31-30-26(19-9-11-20(29)12-10-19)32(28)21-14-17(2)13-18(3)15-21/h5-15H,4,16H2,1-3H3. The van der Waals surface area contributed by atoms with E-state index in [2.05, 4.69) is 62.7 Å². The lowest BCUT2D eigenvalue weighted by Gasteiger charge is -2.12.